The molecule has 0 fully saturated rings. The maximum absolute atomic E-state index is 6.29. The summed E-state index contributed by atoms with van der Waals surface area (Å²) in [5.41, 5.74) is 2.54. The van der Waals surface area contributed by atoms with E-state index >= 15 is 0 Å². The van der Waals surface area contributed by atoms with Crippen LogP contribution in [0.5, 0.6) is 11.5 Å². The third kappa shape index (κ3) is 3.69. The van der Waals surface area contributed by atoms with Crippen LogP contribution in [0.2, 0.25) is 5.02 Å². The number of hydrogen-bond acceptors (Lipinski definition) is 6. The van der Waals surface area contributed by atoms with Crippen LogP contribution in [0, 0.1) is 0 Å². The highest BCUT2D eigenvalue weighted by atomic mass is 35.5. The minimum absolute atomic E-state index is 0.350. The van der Waals surface area contributed by atoms with E-state index in [4.69, 9.17) is 25.5 Å². The fourth-order valence-corrected chi connectivity index (χ4v) is 3.54. The lowest BCUT2D eigenvalue weighted by Crippen LogP contribution is -2.16. The van der Waals surface area contributed by atoms with Gasteiger partial charge in [0.1, 0.15) is 19.3 Å². The van der Waals surface area contributed by atoms with Crippen LogP contribution in [-0.4, -0.2) is 23.4 Å². The van der Waals surface area contributed by atoms with Crippen molar-refractivity contribution in [3.05, 3.63) is 89.3 Å². The van der Waals surface area contributed by atoms with Gasteiger partial charge in [0.25, 0.3) is 0 Å². The first-order chi connectivity index (χ1) is 14.8. The van der Waals surface area contributed by atoms with Crippen LogP contribution in [0.15, 0.2) is 77.2 Å². The molecule has 0 spiro atoms. The van der Waals surface area contributed by atoms with Crippen molar-refractivity contribution in [1.29, 1.82) is 0 Å². The Morgan fingerprint density at radius 2 is 1.60 bits per heavy atom. The highest BCUT2D eigenvalue weighted by Crippen LogP contribution is 2.35. The number of ether oxygens (including phenoxy) is 2. The molecular weight excluding hydrogens is 402 g/mol. The van der Waals surface area contributed by atoms with Crippen molar-refractivity contribution >= 4 is 17.3 Å². The molecule has 1 atom stereocenters. The molecule has 150 valence electrons. The first-order valence-corrected chi connectivity index (χ1v) is 9.95. The Hall–Kier alpha value is -3.51. The van der Waals surface area contributed by atoms with Gasteiger partial charge in [0.05, 0.1) is 10.6 Å². The SMILES string of the molecule is Clc1ccccc1-c1nnc(C(Nc2ccc3c(c2)OCCO3)c2ccccc2)o1. The van der Waals surface area contributed by atoms with Crippen molar-refractivity contribution in [2.24, 2.45) is 0 Å². The van der Waals surface area contributed by atoms with Crippen molar-refractivity contribution in [3.8, 4) is 23.0 Å². The molecule has 0 radical (unpaired) electrons. The molecular formula is C23H18ClN3O3. The highest BCUT2D eigenvalue weighted by molar-refractivity contribution is 6.33. The molecule has 5 rings (SSSR count). The zero-order chi connectivity index (χ0) is 20.3. The average Bonchev–Trinajstić information content (AvgIpc) is 3.28. The van der Waals surface area contributed by atoms with Crippen LogP contribution in [-0.2, 0) is 0 Å². The number of rotatable bonds is 5. The van der Waals surface area contributed by atoms with E-state index in [1.165, 1.54) is 0 Å². The molecule has 1 aliphatic rings. The molecule has 3 aromatic carbocycles. The van der Waals surface area contributed by atoms with Gasteiger partial charge in [-0.3, -0.25) is 0 Å². The molecule has 30 heavy (non-hydrogen) atoms. The van der Waals surface area contributed by atoms with Gasteiger partial charge < -0.3 is 19.2 Å². The number of halogens is 1. The Labute approximate surface area is 178 Å². The number of fused-ring (bicyclic) bond motifs is 1. The molecule has 0 amide bonds. The number of nitrogens with one attached hydrogen (secondary N) is 1. The van der Waals surface area contributed by atoms with Gasteiger partial charge in [-0.15, -0.1) is 10.2 Å². The molecule has 0 aliphatic carbocycles. The van der Waals surface area contributed by atoms with Crippen molar-refractivity contribution in [2.45, 2.75) is 6.04 Å². The van der Waals surface area contributed by atoms with Gasteiger partial charge >= 0.3 is 0 Å². The summed E-state index contributed by atoms with van der Waals surface area (Å²) in [6.07, 6.45) is 0. The van der Waals surface area contributed by atoms with Crippen molar-refractivity contribution in [3.63, 3.8) is 0 Å². The molecule has 1 N–H and O–H groups in total. The Morgan fingerprint density at radius 3 is 2.43 bits per heavy atom. The van der Waals surface area contributed by atoms with Crippen LogP contribution in [0.3, 0.4) is 0 Å². The van der Waals surface area contributed by atoms with E-state index < -0.39 is 0 Å². The second-order valence-corrected chi connectivity index (χ2v) is 7.18. The smallest absolute Gasteiger partial charge is 0.249 e. The predicted octanol–water partition coefficient (Wildman–Crippen LogP) is 5.36. The van der Waals surface area contributed by atoms with Crippen LogP contribution < -0.4 is 14.8 Å². The summed E-state index contributed by atoms with van der Waals surface area (Å²) in [5.74, 6) is 2.26. The Bertz CT molecular complexity index is 1160. The summed E-state index contributed by atoms with van der Waals surface area (Å²) in [6.45, 7) is 1.09. The van der Waals surface area contributed by atoms with Crippen molar-refractivity contribution in [2.75, 3.05) is 18.5 Å². The topological polar surface area (TPSA) is 69.4 Å². The number of aromatic nitrogens is 2. The molecule has 0 saturated carbocycles. The van der Waals surface area contributed by atoms with Crippen molar-refractivity contribution < 1.29 is 13.9 Å². The summed E-state index contributed by atoms with van der Waals surface area (Å²) >= 11 is 6.29. The molecule has 6 nitrogen and oxygen atoms in total. The Kier molecular flexibility index (Phi) is 4.99. The second-order valence-electron chi connectivity index (χ2n) is 6.77. The zero-order valence-corrected chi connectivity index (χ0v) is 16.7. The van der Waals surface area contributed by atoms with Gasteiger partial charge in [-0.05, 0) is 29.8 Å². The van der Waals surface area contributed by atoms with E-state index in [1.807, 2.05) is 66.7 Å². The lowest BCUT2D eigenvalue weighted by Gasteiger charge is -2.21. The summed E-state index contributed by atoms with van der Waals surface area (Å²) < 4.78 is 17.3. The highest BCUT2D eigenvalue weighted by Gasteiger charge is 2.23. The standard InChI is InChI=1S/C23H18ClN3O3/c24-18-9-5-4-8-17(18)22-26-27-23(30-22)21(15-6-2-1-3-7-15)25-16-10-11-19-20(14-16)29-13-12-28-19/h1-11,14,21,25H,12-13H2. The van der Waals surface area contributed by atoms with Gasteiger partial charge in [-0.25, -0.2) is 0 Å². The lowest BCUT2D eigenvalue weighted by atomic mass is 10.1. The molecule has 0 saturated heterocycles. The maximum Gasteiger partial charge on any atom is 0.249 e. The monoisotopic (exact) mass is 419 g/mol. The van der Waals surface area contributed by atoms with Crippen LogP contribution in [0.4, 0.5) is 5.69 Å². The van der Waals surface area contributed by atoms with Gasteiger partial charge in [0.2, 0.25) is 11.8 Å². The fourth-order valence-electron chi connectivity index (χ4n) is 3.33. The van der Waals surface area contributed by atoms with E-state index in [1.54, 1.807) is 6.07 Å². The van der Waals surface area contributed by atoms with E-state index in [-0.39, 0.29) is 6.04 Å². The summed E-state index contributed by atoms with van der Waals surface area (Å²) in [5, 5.41) is 12.6. The van der Waals surface area contributed by atoms with Gasteiger partial charge in [-0.1, -0.05) is 54.1 Å². The van der Waals surface area contributed by atoms with Crippen LogP contribution in [0.1, 0.15) is 17.5 Å². The first kappa shape index (κ1) is 18.5. The fraction of sp³-hybridized carbons (Fsp3) is 0.130. The zero-order valence-electron chi connectivity index (χ0n) is 15.9. The second kappa shape index (κ2) is 8.08. The molecule has 0 bridgehead atoms. The van der Waals surface area contributed by atoms with E-state index in [2.05, 4.69) is 15.5 Å². The van der Waals surface area contributed by atoms with Gasteiger partial charge in [0.15, 0.2) is 11.5 Å². The largest absolute Gasteiger partial charge is 0.486 e. The van der Waals surface area contributed by atoms with Gasteiger partial charge in [-0.2, -0.15) is 0 Å². The van der Waals surface area contributed by atoms with Crippen LogP contribution in [0.25, 0.3) is 11.5 Å². The minimum Gasteiger partial charge on any atom is -0.486 e. The quantitative estimate of drug-likeness (QED) is 0.469. The number of hydrogen-bond donors (Lipinski definition) is 1. The van der Waals surface area contributed by atoms with E-state index in [0.717, 1.165) is 17.0 Å². The van der Waals surface area contributed by atoms with Crippen molar-refractivity contribution in [1.82, 2.24) is 10.2 Å². The normalized spacial score (nSPS) is 13.6. The number of nitrogens with zero attached hydrogens (tertiary/aromatic N) is 2. The number of anilines is 1. The average molecular weight is 420 g/mol. The van der Waals surface area contributed by atoms with E-state index in [0.29, 0.717) is 41.3 Å². The molecule has 1 unspecified atom stereocenters. The molecule has 4 aromatic rings. The molecule has 1 aliphatic heterocycles. The third-order valence-corrected chi connectivity index (χ3v) is 5.11. The minimum atomic E-state index is -0.350. The molecule has 2 heterocycles. The maximum atomic E-state index is 6.29. The first-order valence-electron chi connectivity index (χ1n) is 9.57. The van der Waals surface area contributed by atoms with Crippen LogP contribution >= 0.6 is 11.6 Å². The summed E-state index contributed by atoms with van der Waals surface area (Å²) in [7, 11) is 0. The predicted molar refractivity (Wildman–Crippen MR) is 114 cm³/mol. The summed E-state index contributed by atoms with van der Waals surface area (Å²) in [4.78, 5) is 0. The molecule has 1 aromatic heterocycles. The summed E-state index contributed by atoms with van der Waals surface area (Å²) in [6, 6.07) is 22.7. The lowest BCUT2D eigenvalue weighted by molar-refractivity contribution is 0.171. The van der Waals surface area contributed by atoms with Gasteiger partial charge in [0, 0.05) is 11.8 Å². The Morgan fingerprint density at radius 1 is 0.833 bits per heavy atom. The third-order valence-electron chi connectivity index (χ3n) is 4.78. The molecule has 7 heteroatoms. The Balaban J connectivity index is 1.50. The van der Waals surface area contributed by atoms with E-state index in [9.17, 15) is 0 Å². The number of benzene rings is 3.